The summed E-state index contributed by atoms with van der Waals surface area (Å²) in [4.78, 5) is 12.5. The summed E-state index contributed by atoms with van der Waals surface area (Å²) in [5.41, 5.74) is 1.74. The van der Waals surface area contributed by atoms with E-state index in [-0.39, 0.29) is 24.0 Å². The first-order chi connectivity index (χ1) is 13.3. The monoisotopic (exact) mass is 403 g/mol. The summed E-state index contributed by atoms with van der Waals surface area (Å²) in [5, 5.41) is 3.64. The zero-order valence-electron chi connectivity index (χ0n) is 16.7. The Morgan fingerprint density at radius 1 is 1.25 bits per heavy atom. The molecule has 1 aliphatic rings. The van der Waals surface area contributed by atoms with E-state index in [1.807, 2.05) is 30.3 Å². The van der Waals surface area contributed by atoms with E-state index in [9.17, 15) is 4.79 Å². The van der Waals surface area contributed by atoms with E-state index in [4.69, 9.17) is 25.8 Å². The second kappa shape index (κ2) is 8.31. The lowest BCUT2D eigenvalue weighted by molar-refractivity contribution is -0.124. The maximum Gasteiger partial charge on any atom is 0.258 e. The van der Waals surface area contributed by atoms with Gasteiger partial charge in [0.15, 0.2) is 6.61 Å². The smallest absolute Gasteiger partial charge is 0.258 e. The van der Waals surface area contributed by atoms with Crippen LogP contribution in [-0.2, 0) is 10.2 Å². The van der Waals surface area contributed by atoms with Crippen LogP contribution in [0.5, 0.6) is 17.2 Å². The van der Waals surface area contributed by atoms with E-state index in [1.54, 1.807) is 13.2 Å². The standard InChI is InChI=1S/C22H26ClNO4/c1-22(2,3)17-12-15(26-4)6-8-20(17)28-13-21(25)24-18-9-10-27-19-7-5-14(23)11-16(18)19/h5-8,11-12,18H,9-10,13H2,1-4H3,(H,24,25). The fourth-order valence-electron chi connectivity index (χ4n) is 3.24. The molecule has 6 heteroatoms. The minimum Gasteiger partial charge on any atom is -0.497 e. The molecule has 0 fully saturated rings. The number of halogens is 1. The number of hydrogen-bond donors (Lipinski definition) is 1. The van der Waals surface area contributed by atoms with Crippen molar-refractivity contribution in [1.29, 1.82) is 0 Å². The van der Waals surface area contributed by atoms with Gasteiger partial charge in [-0.15, -0.1) is 0 Å². The first-order valence-electron chi connectivity index (χ1n) is 9.31. The van der Waals surface area contributed by atoms with E-state index in [2.05, 4.69) is 26.1 Å². The third-order valence-electron chi connectivity index (χ3n) is 4.70. The molecule has 3 rings (SSSR count). The van der Waals surface area contributed by atoms with Crippen molar-refractivity contribution in [2.45, 2.75) is 38.6 Å². The first kappa shape index (κ1) is 20.3. The third-order valence-corrected chi connectivity index (χ3v) is 4.94. The van der Waals surface area contributed by atoms with Crippen LogP contribution in [0.25, 0.3) is 0 Å². The topological polar surface area (TPSA) is 56.8 Å². The van der Waals surface area contributed by atoms with Gasteiger partial charge in [0.05, 0.1) is 19.8 Å². The predicted molar refractivity (Wildman–Crippen MR) is 110 cm³/mol. The predicted octanol–water partition coefficient (Wildman–Crippen LogP) is 4.66. The number of rotatable bonds is 5. The Bertz CT molecular complexity index is 860. The Morgan fingerprint density at radius 3 is 2.75 bits per heavy atom. The Hall–Kier alpha value is -2.40. The van der Waals surface area contributed by atoms with Crippen molar-refractivity contribution < 1.29 is 19.0 Å². The number of methoxy groups -OCH3 is 1. The summed E-state index contributed by atoms with van der Waals surface area (Å²) in [5.74, 6) is 2.01. The molecule has 150 valence electrons. The summed E-state index contributed by atoms with van der Waals surface area (Å²) in [7, 11) is 1.63. The molecule has 0 saturated carbocycles. The second-order valence-corrected chi connectivity index (χ2v) is 8.28. The van der Waals surface area contributed by atoms with E-state index in [1.165, 1.54) is 0 Å². The van der Waals surface area contributed by atoms with Crippen LogP contribution in [0.3, 0.4) is 0 Å². The number of hydrogen-bond acceptors (Lipinski definition) is 4. The van der Waals surface area contributed by atoms with Crippen molar-refractivity contribution in [3.63, 3.8) is 0 Å². The molecule has 0 radical (unpaired) electrons. The molecule has 28 heavy (non-hydrogen) atoms. The Morgan fingerprint density at radius 2 is 2.04 bits per heavy atom. The third kappa shape index (κ3) is 4.71. The Kier molecular flexibility index (Phi) is 6.04. The maximum absolute atomic E-state index is 12.5. The molecule has 5 nitrogen and oxygen atoms in total. The zero-order valence-corrected chi connectivity index (χ0v) is 17.4. The Balaban J connectivity index is 1.68. The summed E-state index contributed by atoms with van der Waals surface area (Å²) >= 11 is 6.10. The van der Waals surface area contributed by atoms with Gasteiger partial charge in [0, 0.05) is 22.6 Å². The molecule has 1 unspecified atom stereocenters. The number of carbonyl (C=O) groups is 1. The molecule has 1 amide bonds. The number of amides is 1. The number of nitrogens with one attached hydrogen (secondary N) is 1. The lowest BCUT2D eigenvalue weighted by Gasteiger charge is -2.27. The van der Waals surface area contributed by atoms with Crippen molar-refractivity contribution in [2.75, 3.05) is 20.3 Å². The molecule has 1 heterocycles. The van der Waals surface area contributed by atoms with Crippen LogP contribution in [0.15, 0.2) is 36.4 Å². The second-order valence-electron chi connectivity index (χ2n) is 7.84. The van der Waals surface area contributed by atoms with E-state index < -0.39 is 0 Å². The van der Waals surface area contributed by atoms with E-state index >= 15 is 0 Å². The summed E-state index contributed by atoms with van der Waals surface area (Å²) in [6.07, 6.45) is 0.689. The van der Waals surface area contributed by atoms with Gasteiger partial charge in [-0.25, -0.2) is 0 Å². The molecule has 2 aromatic rings. The minimum atomic E-state index is -0.187. The van der Waals surface area contributed by atoms with Gasteiger partial charge < -0.3 is 19.5 Å². The highest BCUT2D eigenvalue weighted by Crippen LogP contribution is 2.35. The van der Waals surface area contributed by atoms with Gasteiger partial charge in [-0.05, 0) is 41.8 Å². The maximum atomic E-state index is 12.5. The lowest BCUT2D eigenvalue weighted by Crippen LogP contribution is -2.35. The average Bonchev–Trinajstić information content (AvgIpc) is 2.66. The molecule has 0 aromatic heterocycles. The van der Waals surface area contributed by atoms with Gasteiger partial charge in [-0.2, -0.15) is 0 Å². The molecule has 0 spiro atoms. The molecule has 1 aliphatic heterocycles. The average molecular weight is 404 g/mol. The molecule has 0 bridgehead atoms. The number of benzene rings is 2. The minimum absolute atomic E-state index is 0.0668. The molecule has 0 saturated heterocycles. The van der Waals surface area contributed by atoms with Crippen molar-refractivity contribution in [3.05, 3.63) is 52.5 Å². The zero-order chi connectivity index (χ0) is 20.3. The van der Waals surface area contributed by atoms with Crippen molar-refractivity contribution in [3.8, 4) is 17.2 Å². The van der Waals surface area contributed by atoms with Gasteiger partial charge >= 0.3 is 0 Å². The van der Waals surface area contributed by atoms with Crippen LogP contribution < -0.4 is 19.5 Å². The van der Waals surface area contributed by atoms with Crippen LogP contribution in [0, 0.1) is 0 Å². The van der Waals surface area contributed by atoms with Crippen LogP contribution >= 0.6 is 11.6 Å². The molecule has 2 aromatic carbocycles. The number of fused-ring (bicyclic) bond motifs is 1. The Labute approximate surface area is 170 Å². The van der Waals surface area contributed by atoms with Crippen LogP contribution in [0.1, 0.15) is 44.4 Å². The van der Waals surface area contributed by atoms with E-state index in [0.717, 1.165) is 22.6 Å². The lowest BCUT2D eigenvalue weighted by atomic mass is 9.86. The van der Waals surface area contributed by atoms with E-state index in [0.29, 0.717) is 23.8 Å². The van der Waals surface area contributed by atoms with Crippen molar-refractivity contribution >= 4 is 17.5 Å². The molecular formula is C22H26ClNO4. The number of carbonyl (C=O) groups excluding carboxylic acids is 1. The first-order valence-corrected chi connectivity index (χ1v) is 9.68. The normalized spacial score (nSPS) is 16.0. The van der Waals surface area contributed by atoms with Crippen LogP contribution in [0.4, 0.5) is 0 Å². The van der Waals surface area contributed by atoms with Crippen LogP contribution in [0.2, 0.25) is 5.02 Å². The highest BCUT2D eigenvalue weighted by atomic mass is 35.5. The number of ether oxygens (including phenoxy) is 3. The van der Waals surface area contributed by atoms with Crippen molar-refractivity contribution in [2.24, 2.45) is 0 Å². The van der Waals surface area contributed by atoms with Crippen molar-refractivity contribution in [1.82, 2.24) is 5.32 Å². The summed E-state index contributed by atoms with van der Waals surface area (Å²) in [6.45, 7) is 6.77. The van der Waals surface area contributed by atoms with Gasteiger partial charge in [0.2, 0.25) is 0 Å². The van der Waals surface area contributed by atoms with Crippen LogP contribution in [-0.4, -0.2) is 26.2 Å². The molecule has 1 N–H and O–H groups in total. The molecule has 1 atom stereocenters. The molecular weight excluding hydrogens is 378 g/mol. The largest absolute Gasteiger partial charge is 0.497 e. The van der Waals surface area contributed by atoms with Gasteiger partial charge in [0.1, 0.15) is 17.2 Å². The van der Waals surface area contributed by atoms with Gasteiger partial charge in [-0.1, -0.05) is 32.4 Å². The quantitative estimate of drug-likeness (QED) is 0.788. The summed E-state index contributed by atoms with van der Waals surface area (Å²) < 4.78 is 16.8. The van der Waals surface area contributed by atoms with Gasteiger partial charge in [0.25, 0.3) is 5.91 Å². The van der Waals surface area contributed by atoms with Gasteiger partial charge in [-0.3, -0.25) is 4.79 Å². The summed E-state index contributed by atoms with van der Waals surface area (Å²) in [6, 6.07) is 10.9. The fraction of sp³-hybridized carbons (Fsp3) is 0.409. The SMILES string of the molecule is COc1ccc(OCC(=O)NC2CCOc3ccc(Cl)cc32)c(C(C)(C)C)c1. The fourth-order valence-corrected chi connectivity index (χ4v) is 3.42. The highest BCUT2D eigenvalue weighted by molar-refractivity contribution is 6.30. The highest BCUT2D eigenvalue weighted by Gasteiger charge is 2.24. The molecule has 0 aliphatic carbocycles.